The van der Waals surface area contributed by atoms with E-state index in [2.05, 4.69) is 20.8 Å². The van der Waals surface area contributed by atoms with E-state index in [1.54, 1.807) is 29.9 Å². The molecule has 3 rings (SSSR count). The Labute approximate surface area is 147 Å². The number of hydrogen-bond acceptors (Lipinski definition) is 6. The van der Waals surface area contributed by atoms with E-state index in [0.29, 0.717) is 5.69 Å². The summed E-state index contributed by atoms with van der Waals surface area (Å²) >= 11 is 1.42. The van der Waals surface area contributed by atoms with Gasteiger partial charge in [-0.1, -0.05) is 12.1 Å². The molecule has 8 heteroatoms. The molecule has 0 spiro atoms. The third-order valence-electron chi connectivity index (χ3n) is 3.27. The summed E-state index contributed by atoms with van der Waals surface area (Å²) in [5.41, 5.74) is 6.13. The van der Waals surface area contributed by atoms with Gasteiger partial charge in [-0.3, -0.25) is 25.4 Å². The first-order chi connectivity index (χ1) is 12.1. The number of nitrogens with zero attached hydrogens (tertiary/aromatic N) is 2. The smallest absolute Gasteiger partial charge is 0.273 e. The molecule has 2 heterocycles. The van der Waals surface area contributed by atoms with E-state index >= 15 is 0 Å². The molecule has 0 radical (unpaired) electrons. The van der Waals surface area contributed by atoms with Crippen molar-refractivity contribution >= 4 is 23.2 Å². The standard InChI is InChI=1S/C17H14N4O3S/c22-14-6-2-1-5-13(14)16(24)21-20-15(23)8-12-10-25-17(19-12)11-4-3-7-18-9-11/h1-7,9-10,22H,8H2,(H,20,23)(H,21,24). The third kappa shape index (κ3) is 4.18. The van der Waals surface area contributed by atoms with Gasteiger partial charge in [0, 0.05) is 23.3 Å². The fourth-order valence-corrected chi connectivity index (χ4v) is 2.89. The molecule has 7 nitrogen and oxygen atoms in total. The summed E-state index contributed by atoms with van der Waals surface area (Å²) in [5.74, 6) is -1.16. The van der Waals surface area contributed by atoms with Crippen LogP contribution in [0.4, 0.5) is 0 Å². The number of pyridine rings is 1. The van der Waals surface area contributed by atoms with Crippen LogP contribution >= 0.6 is 11.3 Å². The van der Waals surface area contributed by atoms with E-state index in [4.69, 9.17) is 0 Å². The van der Waals surface area contributed by atoms with E-state index in [0.717, 1.165) is 10.6 Å². The predicted molar refractivity (Wildman–Crippen MR) is 92.8 cm³/mol. The van der Waals surface area contributed by atoms with Crippen molar-refractivity contribution in [2.24, 2.45) is 0 Å². The maximum Gasteiger partial charge on any atom is 0.273 e. The van der Waals surface area contributed by atoms with Crippen LogP contribution in [0.25, 0.3) is 10.6 Å². The number of nitrogens with one attached hydrogen (secondary N) is 2. The Morgan fingerprint density at radius 1 is 1.12 bits per heavy atom. The molecule has 1 aromatic carbocycles. The Morgan fingerprint density at radius 3 is 2.72 bits per heavy atom. The van der Waals surface area contributed by atoms with Gasteiger partial charge in [0.2, 0.25) is 5.91 Å². The Morgan fingerprint density at radius 2 is 1.96 bits per heavy atom. The first-order valence-electron chi connectivity index (χ1n) is 7.35. The van der Waals surface area contributed by atoms with Crippen LogP contribution in [0.1, 0.15) is 16.1 Å². The van der Waals surface area contributed by atoms with E-state index in [9.17, 15) is 14.7 Å². The van der Waals surface area contributed by atoms with Crippen LogP contribution in [0.5, 0.6) is 5.75 Å². The van der Waals surface area contributed by atoms with E-state index in [-0.39, 0.29) is 17.7 Å². The molecule has 3 N–H and O–H groups in total. The quantitative estimate of drug-likeness (QED) is 0.621. The van der Waals surface area contributed by atoms with Crippen LogP contribution in [0, 0.1) is 0 Å². The number of rotatable bonds is 4. The van der Waals surface area contributed by atoms with Crippen molar-refractivity contribution < 1.29 is 14.7 Å². The van der Waals surface area contributed by atoms with Gasteiger partial charge in [-0.2, -0.15) is 0 Å². The summed E-state index contributed by atoms with van der Waals surface area (Å²) < 4.78 is 0. The Bertz CT molecular complexity index is 896. The lowest BCUT2D eigenvalue weighted by Gasteiger charge is -2.07. The molecular formula is C17H14N4O3S. The maximum atomic E-state index is 11.9. The Kier molecular flexibility index (Phi) is 5.00. The highest BCUT2D eigenvalue weighted by molar-refractivity contribution is 7.13. The number of carbonyl (C=O) groups is 2. The molecule has 3 aromatic rings. The number of hydrazine groups is 1. The van der Waals surface area contributed by atoms with Gasteiger partial charge in [-0.05, 0) is 24.3 Å². The van der Waals surface area contributed by atoms with Gasteiger partial charge in [-0.15, -0.1) is 11.3 Å². The van der Waals surface area contributed by atoms with Gasteiger partial charge < -0.3 is 5.11 Å². The summed E-state index contributed by atoms with van der Waals surface area (Å²) in [5, 5.41) is 12.2. The molecule has 0 aliphatic carbocycles. The average molecular weight is 354 g/mol. The summed E-state index contributed by atoms with van der Waals surface area (Å²) in [6.07, 6.45) is 3.41. The van der Waals surface area contributed by atoms with Gasteiger partial charge in [-0.25, -0.2) is 4.98 Å². The highest BCUT2D eigenvalue weighted by Gasteiger charge is 2.13. The minimum absolute atomic E-state index is 0.0256. The number of benzene rings is 1. The molecule has 0 fully saturated rings. The highest BCUT2D eigenvalue weighted by atomic mass is 32.1. The zero-order valence-electron chi connectivity index (χ0n) is 13.0. The second-order valence-electron chi connectivity index (χ2n) is 5.08. The number of aromatic nitrogens is 2. The van der Waals surface area contributed by atoms with Crippen molar-refractivity contribution in [2.75, 3.05) is 0 Å². The van der Waals surface area contributed by atoms with Crippen LogP contribution in [-0.2, 0) is 11.2 Å². The Hall–Kier alpha value is -3.26. The summed E-state index contributed by atoms with van der Waals surface area (Å²) in [6, 6.07) is 9.78. The van der Waals surface area contributed by atoms with E-state index in [1.807, 2.05) is 12.1 Å². The molecule has 0 atom stereocenters. The molecule has 126 valence electrons. The van der Waals surface area contributed by atoms with Crippen molar-refractivity contribution in [3.8, 4) is 16.3 Å². The summed E-state index contributed by atoms with van der Waals surface area (Å²) in [4.78, 5) is 32.3. The second kappa shape index (κ2) is 7.54. The number of carbonyl (C=O) groups excluding carboxylic acids is 2. The molecule has 0 bridgehead atoms. The highest BCUT2D eigenvalue weighted by Crippen LogP contribution is 2.22. The minimum Gasteiger partial charge on any atom is -0.507 e. The van der Waals surface area contributed by atoms with Crippen LogP contribution in [-0.4, -0.2) is 26.9 Å². The molecule has 0 aliphatic rings. The lowest BCUT2D eigenvalue weighted by atomic mass is 10.2. The number of phenols is 1. The number of hydrogen-bond donors (Lipinski definition) is 3. The number of aromatic hydroxyl groups is 1. The number of amides is 2. The van der Waals surface area contributed by atoms with Crippen molar-refractivity contribution in [3.63, 3.8) is 0 Å². The van der Waals surface area contributed by atoms with Gasteiger partial charge >= 0.3 is 0 Å². The lowest BCUT2D eigenvalue weighted by Crippen LogP contribution is -2.42. The van der Waals surface area contributed by atoms with Crippen molar-refractivity contribution in [1.29, 1.82) is 0 Å². The van der Waals surface area contributed by atoms with Crippen LogP contribution in [0.15, 0.2) is 54.2 Å². The molecule has 2 amide bonds. The monoisotopic (exact) mass is 354 g/mol. The zero-order valence-corrected chi connectivity index (χ0v) is 13.8. The number of para-hydroxylation sites is 1. The maximum absolute atomic E-state index is 11.9. The molecule has 0 unspecified atom stereocenters. The first-order valence-corrected chi connectivity index (χ1v) is 8.23. The Balaban J connectivity index is 1.56. The third-order valence-corrected chi connectivity index (χ3v) is 4.21. The van der Waals surface area contributed by atoms with E-state index in [1.165, 1.54) is 23.5 Å². The fraction of sp³-hybridized carbons (Fsp3) is 0.0588. The lowest BCUT2D eigenvalue weighted by molar-refractivity contribution is -0.121. The molecule has 0 saturated carbocycles. The van der Waals surface area contributed by atoms with Crippen molar-refractivity contribution in [2.45, 2.75) is 6.42 Å². The zero-order chi connectivity index (χ0) is 17.6. The van der Waals surface area contributed by atoms with Gasteiger partial charge in [0.15, 0.2) is 0 Å². The first kappa shape index (κ1) is 16.6. The van der Waals surface area contributed by atoms with Gasteiger partial charge in [0.05, 0.1) is 17.7 Å². The molecule has 0 saturated heterocycles. The van der Waals surface area contributed by atoms with Crippen LogP contribution in [0.2, 0.25) is 0 Å². The second-order valence-corrected chi connectivity index (χ2v) is 5.94. The van der Waals surface area contributed by atoms with Gasteiger partial charge in [0.25, 0.3) is 5.91 Å². The molecular weight excluding hydrogens is 340 g/mol. The topological polar surface area (TPSA) is 104 Å². The normalized spacial score (nSPS) is 10.2. The summed E-state index contributed by atoms with van der Waals surface area (Å²) in [7, 11) is 0. The average Bonchev–Trinajstić information content (AvgIpc) is 3.09. The van der Waals surface area contributed by atoms with Crippen molar-refractivity contribution in [1.82, 2.24) is 20.8 Å². The van der Waals surface area contributed by atoms with Crippen molar-refractivity contribution in [3.05, 3.63) is 65.4 Å². The minimum atomic E-state index is -0.597. The van der Waals surface area contributed by atoms with Crippen LogP contribution in [0.3, 0.4) is 0 Å². The molecule has 2 aromatic heterocycles. The fourth-order valence-electron chi connectivity index (χ4n) is 2.08. The predicted octanol–water partition coefficient (Wildman–Crippen LogP) is 1.91. The van der Waals surface area contributed by atoms with E-state index < -0.39 is 11.8 Å². The largest absolute Gasteiger partial charge is 0.507 e. The number of phenolic OH excluding ortho intramolecular Hbond substituents is 1. The summed E-state index contributed by atoms with van der Waals surface area (Å²) in [6.45, 7) is 0. The van der Waals surface area contributed by atoms with Crippen LogP contribution < -0.4 is 10.9 Å². The molecule has 25 heavy (non-hydrogen) atoms. The molecule has 0 aliphatic heterocycles. The SMILES string of the molecule is O=C(Cc1csc(-c2cccnc2)n1)NNC(=O)c1ccccc1O. The van der Waals surface area contributed by atoms with Gasteiger partial charge in [0.1, 0.15) is 10.8 Å². The number of thiazole rings is 1.